The van der Waals surface area contributed by atoms with Crippen LogP contribution >= 0.6 is 0 Å². The van der Waals surface area contributed by atoms with Crippen molar-refractivity contribution < 1.29 is 38.4 Å². The fourth-order valence-corrected chi connectivity index (χ4v) is 2.19. The Morgan fingerprint density at radius 2 is 1.62 bits per heavy atom. The first-order valence-corrected chi connectivity index (χ1v) is 11.2. The molecule has 0 atom stereocenters. The van der Waals surface area contributed by atoms with Gasteiger partial charge in [-0.2, -0.15) is 0 Å². The number of nitrogens with zero attached hydrogens (tertiary/aromatic N) is 1. The van der Waals surface area contributed by atoms with Crippen molar-refractivity contribution in [2.45, 2.75) is 40.5 Å². The molecule has 0 bridgehead atoms. The molecular weight excluding hydrogens is 442 g/mol. The van der Waals surface area contributed by atoms with Crippen LogP contribution in [0.4, 0.5) is 0 Å². The predicted molar refractivity (Wildman–Crippen MR) is 127 cm³/mol. The molecule has 0 amide bonds. The van der Waals surface area contributed by atoms with Gasteiger partial charge in [-0.25, -0.2) is 9.59 Å². The smallest absolute Gasteiger partial charge is 0.342 e. The van der Waals surface area contributed by atoms with Crippen molar-refractivity contribution in [3.05, 3.63) is 59.9 Å². The molecule has 0 unspecified atom stereocenters. The molecule has 9 nitrogen and oxygen atoms in total. The van der Waals surface area contributed by atoms with Gasteiger partial charge in [0.25, 0.3) is 0 Å². The Morgan fingerprint density at radius 1 is 0.912 bits per heavy atom. The highest BCUT2D eigenvalue weighted by Gasteiger charge is 2.14. The quantitative estimate of drug-likeness (QED) is 0.292. The summed E-state index contributed by atoms with van der Waals surface area (Å²) in [5, 5.41) is 8.49. The molecule has 1 aromatic carbocycles. The van der Waals surface area contributed by atoms with Crippen LogP contribution in [0.5, 0.6) is 5.75 Å². The fourth-order valence-electron chi connectivity index (χ4n) is 2.19. The number of aliphatic hydroxyl groups excluding tert-OH is 1. The van der Waals surface area contributed by atoms with E-state index in [-0.39, 0.29) is 43.7 Å². The summed E-state index contributed by atoms with van der Waals surface area (Å²) < 4.78 is 19.8. The van der Waals surface area contributed by atoms with E-state index in [9.17, 15) is 14.4 Å². The third kappa shape index (κ3) is 14.0. The summed E-state index contributed by atoms with van der Waals surface area (Å²) in [5.41, 5.74) is 0.693. The number of hydrogen-bond donors (Lipinski definition) is 1. The average Bonchev–Trinajstić information content (AvgIpc) is 2.86. The van der Waals surface area contributed by atoms with Gasteiger partial charge >= 0.3 is 17.9 Å². The highest BCUT2D eigenvalue weighted by Crippen LogP contribution is 2.19. The second-order valence-corrected chi connectivity index (χ2v) is 6.29. The Hall–Kier alpha value is -3.30. The number of unbranched alkanes of at least 4 members (excludes halogenated alkanes) is 1. The molecule has 34 heavy (non-hydrogen) atoms. The number of carbonyl (C=O) groups is 3. The fraction of sp³-hybridized carbons (Fsp3) is 0.440. The van der Waals surface area contributed by atoms with E-state index >= 15 is 0 Å². The molecule has 1 heterocycles. The van der Waals surface area contributed by atoms with Crippen LogP contribution in [-0.2, 0) is 19.0 Å². The van der Waals surface area contributed by atoms with Gasteiger partial charge < -0.3 is 24.1 Å². The van der Waals surface area contributed by atoms with Crippen LogP contribution in [-0.4, -0.2) is 61.0 Å². The van der Waals surface area contributed by atoms with Crippen LogP contribution in [0.1, 0.15) is 61.3 Å². The van der Waals surface area contributed by atoms with Gasteiger partial charge in [0.15, 0.2) is 0 Å². The van der Waals surface area contributed by atoms with E-state index < -0.39 is 11.9 Å². The molecule has 2 rings (SSSR count). The van der Waals surface area contributed by atoms with Crippen molar-refractivity contribution in [2.75, 3.05) is 33.0 Å². The Labute approximate surface area is 201 Å². The second-order valence-electron chi connectivity index (χ2n) is 6.29. The first kappa shape index (κ1) is 30.7. The third-order valence-corrected chi connectivity index (χ3v) is 3.69. The van der Waals surface area contributed by atoms with Crippen molar-refractivity contribution in [3.8, 4) is 5.75 Å². The minimum atomic E-state index is -0.593. The van der Waals surface area contributed by atoms with E-state index in [1.165, 1.54) is 25.3 Å². The van der Waals surface area contributed by atoms with Crippen LogP contribution in [0.2, 0.25) is 0 Å². The largest absolute Gasteiger partial charge is 0.462 e. The topological polar surface area (TPSA) is 121 Å². The number of ether oxygens (including phenoxy) is 4. The lowest BCUT2D eigenvalue weighted by Crippen LogP contribution is -2.14. The Balaban J connectivity index is 0.000000633. The van der Waals surface area contributed by atoms with E-state index in [0.717, 1.165) is 12.8 Å². The molecule has 1 N–H and O–H groups in total. The highest BCUT2D eigenvalue weighted by molar-refractivity contribution is 5.93. The zero-order valence-electron chi connectivity index (χ0n) is 20.3. The molecule has 1 aromatic heterocycles. The molecule has 0 fully saturated rings. The predicted octanol–water partition coefficient (Wildman–Crippen LogP) is 3.84. The average molecular weight is 478 g/mol. The van der Waals surface area contributed by atoms with Crippen LogP contribution in [0.15, 0.2) is 48.8 Å². The molecular formula is C25H35NO8. The Kier molecular flexibility index (Phi) is 18.3. The number of benzene rings is 1. The number of carbonyl (C=O) groups excluding carboxylic acids is 3. The van der Waals surface area contributed by atoms with E-state index in [4.69, 9.17) is 24.1 Å². The van der Waals surface area contributed by atoms with Crippen molar-refractivity contribution in [1.82, 2.24) is 4.98 Å². The van der Waals surface area contributed by atoms with Crippen molar-refractivity contribution in [1.29, 1.82) is 0 Å². The molecule has 0 radical (unpaired) electrons. The van der Waals surface area contributed by atoms with Gasteiger partial charge in [0.1, 0.15) is 17.9 Å². The Bertz CT molecular complexity index is 827. The minimum absolute atomic E-state index is 0.0627. The van der Waals surface area contributed by atoms with E-state index in [1.807, 2.05) is 13.8 Å². The van der Waals surface area contributed by atoms with Gasteiger partial charge in [-0.15, -0.1) is 0 Å². The summed E-state index contributed by atoms with van der Waals surface area (Å²) in [5.74, 6) is -1.23. The lowest BCUT2D eigenvalue weighted by atomic mass is 10.2. The van der Waals surface area contributed by atoms with Crippen LogP contribution in [0, 0.1) is 0 Å². The molecule has 0 aliphatic carbocycles. The summed E-state index contributed by atoms with van der Waals surface area (Å²) >= 11 is 0. The third-order valence-electron chi connectivity index (χ3n) is 3.69. The highest BCUT2D eigenvalue weighted by atomic mass is 16.6. The Morgan fingerprint density at radius 3 is 2.24 bits per heavy atom. The molecule has 9 heteroatoms. The van der Waals surface area contributed by atoms with Crippen molar-refractivity contribution in [3.63, 3.8) is 0 Å². The summed E-state index contributed by atoms with van der Waals surface area (Å²) in [6, 6.07) is 9.73. The minimum Gasteiger partial charge on any atom is -0.462 e. The van der Waals surface area contributed by atoms with Gasteiger partial charge in [0.05, 0.1) is 32.0 Å². The monoisotopic (exact) mass is 477 g/mol. The van der Waals surface area contributed by atoms with Crippen LogP contribution in [0.25, 0.3) is 0 Å². The number of aromatic nitrogens is 1. The molecule has 0 spiro atoms. The summed E-state index contributed by atoms with van der Waals surface area (Å²) in [4.78, 5) is 37.8. The lowest BCUT2D eigenvalue weighted by Gasteiger charge is -2.09. The molecule has 2 aromatic rings. The SMILES string of the molecule is CC.CC(=O)Oc1ccccc1C(=O)OCCOCCO.CCCCOC(=O)c1cccnc1. The first-order valence-electron chi connectivity index (χ1n) is 11.2. The first-order chi connectivity index (χ1) is 16.5. The maximum atomic E-state index is 11.8. The van der Waals surface area contributed by atoms with Gasteiger partial charge in [-0.3, -0.25) is 9.78 Å². The van der Waals surface area contributed by atoms with Gasteiger partial charge in [-0.1, -0.05) is 39.3 Å². The van der Waals surface area contributed by atoms with Gasteiger partial charge in [0.2, 0.25) is 0 Å². The molecule has 188 valence electrons. The lowest BCUT2D eigenvalue weighted by molar-refractivity contribution is -0.131. The van der Waals surface area contributed by atoms with Gasteiger partial charge in [-0.05, 0) is 30.7 Å². The van der Waals surface area contributed by atoms with E-state index in [2.05, 4.69) is 11.9 Å². The number of pyridine rings is 1. The number of esters is 3. The standard InChI is InChI=1S/C13H16O6.C10H13NO2.C2H6/c1-10(15)19-12-5-3-2-4-11(12)13(16)18-9-8-17-7-6-14;1-2-3-7-13-10(12)9-5-4-6-11-8-9;1-2/h2-5,14H,6-9H2,1H3;4-6,8H,2-3,7H2,1H3;1-2H3. The zero-order valence-corrected chi connectivity index (χ0v) is 20.3. The summed E-state index contributed by atoms with van der Waals surface area (Å²) in [7, 11) is 0. The maximum Gasteiger partial charge on any atom is 0.342 e. The summed E-state index contributed by atoms with van der Waals surface area (Å²) in [6.45, 7) is 8.17. The van der Waals surface area contributed by atoms with Crippen molar-refractivity contribution >= 4 is 17.9 Å². The summed E-state index contributed by atoms with van der Waals surface area (Å²) in [6.07, 6.45) is 5.07. The van der Waals surface area contributed by atoms with Crippen LogP contribution < -0.4 is 4.74 Å². The molecule has 0 saturated carbocycles. The van der Waals surface area contributed by atoms with Crippen LogP contribution in [0.3, 0.4) is 0 Å². The number of aliphatic hydroxyl groups is 1. The number of hydrogen-bond acceptors (Lipinski definition) is 9. The van der Waals surface area contributed by atoms with Gasteiger partial charge in [0, 0.05) is 19.3 Å². The maximum absolute atomic E-state index is 11.8. The number of rotatable bonds is 11. The zero-order chi connectivity index (χ0) is 25.6. The molecule has 0 saturated heterocycles. The van der Waals surface area contributed by atoms with E-state index in [0.29, 0.717) is 12.2 Å². The van der Waals surface area contributed by atoms with Crippen molar-refractivity contribution in [2.24, 2.45) is 0 Å². The molecule has 0 aliphatic heterocycles. The second kappa shape index (κ2) is 20.3. The molecule has 0 aliphatic rings. The normalized spacial score (nSPS) is 9.44. The number of para-hydroxylation sites is 1. The van der Waals surface area contributed by atoms with E-state index in [1.54, 1.807) is 30.5 Å².